The number of carbonyl (C=O) groups is 1. The summed E-state index contributed by atoms with van der Waals surface area (Å²) in [5, 5.41) is 5.31. The Labute approximate surface area is 178 Å². The lowest BCUT2D eigenvalue weighted by Gasteiger charge is -2.17. The van der Waals surface area contributed by atoms with E-state index in [1.165, 1.54) is 17.4 Å². The quantitative estimate of drug-likeness (QED) is 0.562. The molecule has 0 unspecified atom stereocenters. The van der Waals surface area contributed by atoms with Crippen LogP contribution in [0.3, 0.4) is 0 Å². The number of fused-ring (bicyclic) bond motifs is 2. The molecule has 5 nitrogen and oxygen atoms in total. The highest BCUT2D eigenvalue weighted by atomic mass is 32.1. The van der Waals surface area contributed by atoms with Gasteiger partial charge >= 0.3 is 0 Å². The van der Waals surface area contributed by atoms with E-state index in [4.69, 9.17) is 4.98 Å². The second-order valence-electron chi connectivity index (χ2n) is 7.77. The summed E-state index contributed by atoms with van der Waals surface area (Å²) in [6, 6.07) is 6.56. The van der Waals surface area contributed by atoms with Crippen molar-refractivity contribution in [2.24, 2.45) is 0 Å². The van der Waals surface area contributed by atoms with Crippen molar-refractivity contribution in [1.29, 1.82) is 0 Å². The smallest absolute Gasteiger partial charge is 0.279 e. The van der Waals surface area contributed by atoms with Crippen molar-refractivity contribution in [1.82, 2.24) is 14.8 Å². The molecule has 0 saturated heterocycles. The van der Waals surface area contributed by atoms with Gasteiger partial charge in [0, 0.05) is 22.7 Å². The summed E-state index contributed by atoms with van der Waals surface area (Å²) in [7, 11) is 0. The average molecular weight is 423 g/mol. The van der Waals surface area contributed by atoms with Crippen LogP contribution in [0.1, 0.15) is 51.6 Å². The van der Waals surface area contributed by atoms with Crippen LogP contribution in [0.25, 0.3) is 5.69 Å². The van der Waals surface area contributed by atoms with Crippen molar-refractivity contribution in [2.75, 3.05) is 11.4 Å². The highest BCUT2D eigenvalue weighted by Crippen LogP contribution is 2.34. The van der Waals surface area contributed by atoms with Gasteiger partial charge in [0.15, 0.2) is 10.8 Å². The van der Waals surface area contributed by atoms with Gasteiger partial charge in [0.25, 0.3) is 5.91 Å². The van der Waals surface area contributed by atoms with Crippen molar-refractivity contribution < 1.29 is 9.18 Å². The van der Waals surface area contributed by atoms with Crippen LogP contribution in [0, 0.1) is 5.82 Å². The number of halogens is 1. The third kappa shape index (κ3) is 3.17. The van der Waals surface area contributed by atoms with Gasteiger partial charge in [0.2, 0.25) is 0 Å². The Hall–Kier alpha value is -2.80. The molecule has 7 heteroatoms. The van der Waals surface area contributed by atoms with Crippen molar-refractivity contribution in [2.45, 2.75) is 44.9 Å². The number of thiazole rings is 1. The number of aryl methyl sites for hydroxylation is 2. The molecule has 154 valence electrons. The first-order chi connectivity index (χ1) is 14.7. The zero-order valence-electron chi connectivity index (χ0n) is 16.7. The molecule has 1 amide bonds. The van der Waals surface area contributed by atoms with Gasteiger partial charge in [0.1, 0.15) is 11.5 Å². The molecule has 3 aromatic rings. The third-order valence-electron chi connectivity index (χ3n) is 5.84. The van der Waals surface area contributed by atoms with E-state index in [0.717, 1.165) is 55.5 Å². The number of hydrogen-bond acceptors (Lipinski definition) is 4. The van der Waals surface area contributed by atoms with Gasteiger partial charge in [-0.3, -0.25) is 9.69 Å². The van der Waals surface area contributed by atoms with Crippen molar-refractivity contribution in [3.8, 4) is 5.69 Å². The number of benzene rings is 1. The summed E-state index contributed by atoms with van der Waals surface area (Å²) in [5.41, 5.74) is 3.76. The first kappa shape index (κ1) is 19.2. The molecule has 0 N–H and O–H groups in total. The SMILES string of the molecule is C=CCN(C(=O)c1nn(-c2ccccc2F)c2c1CCC2)c1nc2c(s1)CCCC2. The lowest BCUT2D eigenvalue weighted by molar-refractivity contribution is 0.0983. The topological polar surface area (TPSA) is 51.0 Å². The Kier molecular flexibility index (Phi) is 4.98. The second-order valence-corrected chi connectivity index (χ2v) is 8.83. The molecule has 0 aliphatic heterocycles. The minimum Gasteiger partial charge on any atom is -0.279 e. The maximum Gasteiger partial charge on any atom is 0.281 e. The zero-order chi connectivity index (χ0) is 20.7. The Balaban J connectivity index is 1.56. The van der Waals surface area contributed by atoms with Gasteiger partial charge in [-0.25, -0.2) is 14.1 Å². The largest absolute Gasteiger partial charge is 0.281 e. The van der Waals surface area contributed by atoms with E-state index in [2.05, 4.69) is 11.7 Å². The number of hydrogen-bond donors (Lipinski definition) is 0. The molecule has 1 aromatic carbocycles. The number of rotatable bonds is 5. The number of amides is 1. The lowest BCUT2D eigenvalue weighted by Crippen LogP contribution is -2.32. The van der Waals surface area contributed by atoms with Crippen molar-refractivity contribution >= 4 is 22.4 Å². The number of para-hydroxylation sites is 1. The molecule has 0 bridgehead atoms. The highest BCUT2D eigenvalue weighted by Gasteiger charge is 2.32. The summed E-state index contributed by atoms with van der Waals surface area (Å²) in [6.45, 7) is 4.20. The molecule has 2 aromatic heterocycles. The van der Waals surface area contributed by atoms with Crippen LogP contribution in [-0.2, 0) is 25.7 Å². The van der Waals surface area contributed by atoms with E-state index in [1.54, 1.807) is 45.2 Å². The number of aromatic nitrogens is 3. The van der Waals surface area contributed by atoms with Gasteiger partial charge in [-0.15, -0.1) is 17.9 Å². The van der Waals surface area contributed by atoms with Crippen LogP contribution in [0.2, 0.25) is 0 Å². The summed E-state index contributed by atoms with van der Waals surface area (Å²) in [4.78, 5) is 21.3. The van der Waals surface area contributed by atoms with Crippen LogP contribution in [-0.4, -0.2) is 27.2 Å². The summed E-state index contributed by atoms with van der Waals surface area (Å²) < 4.78 is 16.1. The monoisotopic (exact) mass is 422 g/mol. The number of carbonyl (C=O) groups excluding carboxylic acids is 1. The second kappa shape index (κ2) is 7.80. The Morgan fingerprint density at radius 2 is 2.03 bits per heavy atom. The standard InChI is InChI=1S/C23H23FN4OS/c1-2-14-27(23-25-17-10-4-6-13-20(17)30-23)22(29)21-15-8-7-12-18(15)28(26-21)19-11-5-3-9-16(19)24/h2-3,5,9,11H,1,4,6-8,10,12-14H2. The van der Waals surface area contributed by atoms with E-state index in [9.17, 15) is 9.18 Å². The molecule has 2 heterocycles. The fourth-order valence-corrected chi connectivity index (χ4v) is 5.55. The average Bonchev–Trinajstić information content (AvgIpc) is 3.46. The first-order valence-electron chi connectivity index (χ1n) is 10.4. The molecule has 0 spiro atoms. The molecular weight excluding hydrogens is 399 g/mol. The molecule has 5 rings (SSSR count). The fourth-order valence-electron chi connectivity index (χ4n) is 4.39. The maximum atomic E-state index is 14.5. The number of nitrogens with zero attached hydrogens (tertiary/aromatic N) is 4. The van der Waals surface area contributed by atoms with E-state index in [1.807, 2.05) is 0 Å². The zero-order valence-corrected chi connectivity index (χ0v) is 17.6. The van der Waals surface area contributed by atoms with Crippen LogP contribution < -0.4 is 4.90 Å². The molecule has 2 aliphatic rings. The van der Waals surface area contributed by atoms with Crippen molar-refractivity contribution in [3.05, 3.63) is 70.3 Å². The van der Waals surface area contributed by atoms with Gasteiger partial charge in [-0.05, 0) is 57.1 Å². The van der Waals surface area contributed by atoms with Gasteiger partial charge in [-0.2, -0.15) is 5.10 Å². The Morgan fingerprint density at radius 3 is 2.83 bits per heavy atom. The normalized spacial score (nSPS) is 15.0. The van der Waals surface area contributed by atoms with E-state index in [-0.39, 0.29) is 11.7 Å². The predicted molar refractivity (Wildman–Crippen MR) is 116 cm³/mol. The maximum absolute atomic E-state index is 14.5. The number of anilines is 1. The summed E-state index contributed by atoms with van der Waals surface area (Å²) in [5.74, 6) is -0.529. The lowest BCUT2D eigenvalue weighted by atomic mass is 10.0. The van der Waals surface area contributed by atoms with Crippen LogP contribution >= 0.6 is 11.3 Å². The molecule has 30 heavy (non-hydrogen) atoms. The van der Waals surface area contributed by atoms with Crippen molar-refractivity contribution in [3.63, 3.8) is 0 Å². The van der Waals surface area contributed by atoms with Gasteiger partial charge < -0.3 is 0 Å². The predicted octanol–water partition coefficient (Wildman–Crippen LogP) is 4.67. The molecule has 2 aliphatic carbocycles. The Bertz CT molecular complexity index is 1110. The minimum atomic E-state index is -0.343. The molecule has 0 saturated carbocycles. The van der Waals surface area contributed by atoms with Gasteiger partial charge in [-0.1, -0.05) is 18.2 Å². The fraction of sp³-hybridized carbons (Fsp3) is 0.348. The highest BCUT2D eigenvalue weighted by molar-refractivity contribution is 7.16. The summed E-state index contributed by atoms with van der Waals surface area (Å²) in [6.07, 6.45) is 8.54. The minimum absolute atomic E-state index is 0.186. The molecule has 0 atom stereocenters. The third-order valence-corrected chi connectivity index (χ3v) is 7.02. The van der Waals surface area contributed by atoms with Crippen LogP contribution in [0.5, 0.6) is 0 Å². The van der Waals surface area contributed by atoms with Crippen LogP contribution in [0.15, 0.2) is 36.9 Å². The van der Waals surface area contributed by atoms with Gasteiger partial charge in [0.05, 0.1) is 5.69 Å². The molecular formula is C23H23FN4OS. The van der Waals surface area contributed by atoms with E-state index >= 15 is 0 Å². The summed E-state index contributed by atoms with van der Waals surface area (Å²) >= 11 is 1.60. The molecule has 0 radical (unpaired) electrons. The van der Waals surface area contributed by atoms with E-state index in [0.29, 0.717) is 23.1 Å². The molecule has 0 fully saturated rings. The Morgan fingerprint density at radius 1 is 1.20 bits per heavy atom. The van der Waals surface area contributed by atoms with Crippen LogP contribution in [0.4, 0.5) is 9.52 Å². The van der Waals surface area contributed by atoms with E-state index < -0.39 is 0 Å². The first-order valence-corrected chi connectivity index (χ1v) is 11.3.